The van der Waals surface area contributed by atoms with Crippen LogP contribution in [0.3, 0.4) is 0 Å². The van der Waals surface area contributed by atoms with Crippen LogP contribution in [0.4, 0.5) is 11.4 Å². The zero-order chi connectivity index (χ0) is 30.1. The van der Waals surface area contributed by atoms with Crippen molar-refractivity contribution in [2.24, 2.45) is 0 Å². The standard InChI is InChI=1S/C40H35NO2/c1-27-15-9-10-18-30(27)36(26-25-28(2)42)41(35-23-12-11-19-31(35)29-16-7-6-8-17-29)37-24-14-21-33-32-20-13-22-34(40(3,4)5)38(32)43-39(33)37/h6-26,42H,1-2H2,3-5H3/b26-25-,36-30+. The van der Waals surface area contributed by atoms with Crippen LogP contribution in [0.15, 0.2) is 144 Å². The number of fused-ring (bicyclic) bond motifs is 3. The molecule has 0 atom stereocenters. The van der Waals surface area contributed by atoms with Crippen LogP contribution < -0.4 is 15.3 Å². The van der Waals surface area contributed by atoms with Gasteiger partial charge in [-0.3, -0.25) is 0 Å². The normalized spacial score (nSPS) is 12.6. The number of hydrogen-bond donors (Lipinski definition) is 1. The first-order valence-corrected chi connectivity index (χ1v) is 14.5. The smallest absolute Gasteiger partial charge is 0.159 e. The molecule has 6 rings (SSSR count). The first-order valence-electron chi connectivity index (χ1n) is 14.5. The number of rotatable bonds is 6. The van der Waals surface area contributed by atoms with Crippen LogP contribution in [0.2, 0.25) is 0 Å². The van der Waals surface area contributed by atoms with Crippen molar-refractivity contribution in [3.8, 4) is 11.1 Å². The van der Waals surface area contributed by atoms with Crippen molar-refractivity contribution in [3.05, 3.63) is 156 Å². The Morgan fingerprint density at radius 3 is 2.05 bits per heavy atom. The second kappa shape index (κ2) is 11.2. The molecule has 3 heteroatoms. The summed E-state index contributed by atoms with van der Waals surface area (Å²) in [5, 5.41) is 14.1. The van der Waals surface area contributed by atoms with Gasteiger partial charge < -0.3 is 14.4 Å². The van der Waals surface area contributed by atoms with Gasteiger partial charge in [0.15, 0.2) is 5.58 Å². The summed E-state index contributed by atoms with van der Waals surface area (Å²) in [6, 6.07) is 39.5. The van der Waals surface area contributed by atoms with E-state index in [-0.39, 0.29) is 11.2 Å². The van der Waals surface area contributed by atoms with E-state index in [0.29, 0.717) is 0 Å². The van der Waals surface area contributed by atoms with Gasteiger partial charge in [0.05, 0.1) is 17.1 Å². The summed E-state index contributed by atoms with van der Waals surface area (Å²) < 4.78 is 6.87. The molecule has 212 valence electrons. The highest BCUT2D eigenvalue weighted by Gasteiger charge is 2.25. The average Bonchev–Trinajstić information content (AvgIpc) is 3.39. The van der Waals surface area contributed by atoms with E-state index in [4.69, 9.17) is 4.42 Å². The Kier molecular flexibility index (Phi) is 7.25. The maximum atomic E-state index is 10.2. The van der Waals surface area contributed by atoms with Gasteiger partial charge in [-0.1, -0.05) is 137 Å². The van der Waals surface area contributed by atoms with E-state index in [1.165, 1.54) is 0 Å². The van der Waals surface area contributed by atoms with Crippen LogP contribution in [0.25, 0.3) is 45.3 Å². The molecule has 0 unspecified atom stereocenters. The van der Waals surface area contributed by atoms with E-state index in [9.17, 15) is 5.11 Å². The van der Waals surface area contributed by atoms with E-state index in [2.05, 4.69) is 124 Å². The minimum atomic E-state index is -0.0958. The molecule has 0 saturated heterocycles. The molecule has 0 amide bonds. The Morgan fingerprint density at radius 1 is 0.698 bits per heavy atom. The number of para-hydroxylation sites is 3. The largest absolute Gasteiger partial charge is 0.509 e. The van der Waals surface area contributed by atoms with Crippen LogP contribution in [0.5, 0.6) is 0 Å². The lowest BCUT2D eigenvalue weighted by molar-refractivity contribution is 0.435. The number of allylic oxidation sites excluding steroid dienone is 1. The Morgan fingerprint density at radius 2 is 1.33 bits per heavy atom. The predicted molar refractivity (Wildman–Crippen MR) is 182 cm³/mol. The molecule has 1 N–H and O–H groups in total. The number of anilines is 2. The molecule has 0 aliphatic rings. The lowest BCUT2D eigenvalue weighted by Crippen LogP contribution is -2.31. The zero-order valence-electron chi connectivity index (χ0n) is 24.8. The Hall–Kier alpha value is -5.28. The highest BCUT2D eigenvalue weighted by atomic mass is 16.3. The van der Waals surface area contributed by atoms with Crippen LogP contribution in [-0.4, -0.2) is 5.11 Å². The van der Waals surface area contributed by atoms with Crippen molar-refractivity contribution in [2.45, 2.75) is 26.2 Å². The molecule has 0 aliphatic carbocycles. The third-order valence-corrected chi connectivity index (χ3v) is 7.75. The second-order valence-corrected chi connectivity index (χ2v) is 11.8. The fourth-order valence-corrected chi connectivity index (χ4v) is 5.72. The van der Waals surface area contributed by atoms with Crippen molar-refractivity contribution in [3.63, 3.8) is 0 Å². The van der Waals surface area contributed by atoms with Crippen molar-refractivity contribution in [1.82, 2.24) is 0 Å². The fourth-order valence-electron chi connectivity index (χ4n) is 5.72. The van der Waals surface area contributed by atoms with Gasteiger partial charge in [-0.15, -0.1) is 0 Å². The van der Waals surface area contributed by atoms with Gasteiger partial charge in [0, 0.05) is 27.1 Å². The molecule has 3 nitrogen and oxygen atoms in total. The molecule has 0 spiro atoms. The summed E-state index contributed by atoms with van der Waals surface area (Å²) >= 11 is 0. The van der Waals surface area contributed by atoms with E-state index < -0.39 is 0 Å². The Labute approximate surface area is 252 Å². The molecule has 5 aromatic carbocycles. The molecule has 43 heavy (non-hydrogen) atoms. The first-order chi connectivity index (χ1) is 20.7. The number of hydrogen-bond acceptors (Lipinski definition) is 3. The first kappa shape index (κ1) is 27.9. The summed E-state index contributed by atoms with van der Waals surface area (Å²) in [5.74, 6) is -0.0351. The molecule has 0 saturated carbocycles. The Bertz CT molecular complexity index is 2110. The second-order valence-electron chi connectivity index (χ2n) is 11.8. The number of benzene rings is 5. The third-order valence-electron chi connectivity index (χ3n) is 7.75. The van der Waals surface area contributed by atoms with Crippen molar-refractivity contribution in [2.75, 3.05) is 4.90 Å². The summed E-state index contributed by atoms with van der Waals surface area (Å²) in [7, 11) is 0. The predicted octanol–water partition coefficient (Wildman–Crippen LogP) is 9.54. The number of furan rings is 1. The molecule has 0 bridgehead atoms. The quantitative estimate of drug-likeness (QED) is 0.162. The van der Waals surface area contributed by atoms with Crippen molar-refractivity contribution < 1.29 is 9.52 Å². The molecule has 1 heterocycles. The number of aliphatic hydroxyl groups excluding tert-OH is 1. The van der Waals surface area contributed by atoms with Crippen LogP contribution >= 0.6 is 0 Å². The van der Waals surface area contributed by atoms with Crippen molar-refractivity contribution in [1.29, 1.82) is 0 Å². The summed E-state index contributed by atoms with van der Waals surface area (Å²) in [6.07, 6.45) is 3.52. The van der Waals surface area contributed by atoms with E-state index >= 15 is 0 Å². The molecule has 0 aliphatic heterocycles. The molecular formula is C40H35NO2. The van der Waals surface area contributed by atoms with Gasteiger partial charge in [0.2, 0.25) is 0 Å². The van der Waals surface area contributed by atoms with Gasteiger partial charge in [0.1, 0.15) is 11.3 Å². The summed E-state index contributed by atoms with van der Waals surface area (Å²) in [4.78, 5) is 2.22. The van der Waals surface area contributed by atoms with Gasteiger partial charge in [-0.05, 0) is 40.5 Å². The highest BCUT2D eigenvalue weighted by Crippen LogP contribution is 2.45. The number of aliphatic hydroxyl groups is 1. The highest BCUT2D eigenvalue weighted by molar-refractivity contribution is 6.12. The maximum Gasteiger partial charge on any atom is 0.159 e. The van der Waals surface area contributed by atoms with E-state index in [1.807, 2.05) is 36.4 Å². The SMILES string of the molecule is C=C(O)/C=C\C(=c1\ccccc1=C)N(c1ccccc1-c1ccccc1)c1cccc2c1oc1c(C(C)(C)C)cccc12. The minimum absolute atomic E-state index is 0.0351. The van der Waals surface area contributed by atoms with Crippen LogP contribution in [0, 0.1) is 0 Å². The van der Waals surface area contributed by atoms with Gasteiger partial charge in [0.25, 0.3) is 0 Å². The van der Waals surface area contributed by atoms with E-state index in [1.54, 1.807) is 6.08 Å². The third kappa shape index (κ3) is 5.26. The topological polar surface area (TPSA) is 36.6 Å². The van der Waals surface area contributed by atoms with Gasteiger partial charge in [-0.2, -0.15) is 0 Å². The van der Waals surface area contributed by atoms with Crippen molar-refractivity contribution >= 4 is 45.6 Å². The monoisotopic (exact) mass is 561 g/mol. The number of nitrogens with zero attached hydrogens (tertiary/aromatic N) is 1. The molecule has 0 radical (unpaired) electrons. The maximum absolute atomic E-state index is 10.2. The zero-order valence-corrected chi connectivity index (χ0v) is 24.8. The lowest BCUT2D eigenvalue weighted by Gasteiger charge is -2.29. The average molecular weight is 562 g/mol. The molecule has 1 aromatic heterocycles. The van der Waals surface area contributed by atoms with Crippen LogP contribution in [0.1, 0.15) is 26.3 Å². The molecule has 0 fully saturated rings. The molecule has 6 aromatic rings. The minimum Gasteiger partial charge on any atom is -0.509 e. The van der Waals surface area contributed by atoms with Gasteiger partial charge in [-0.25, -0.2) is 0 Å². The Balaban J connectivity index is 1.77. The van der Waals surface area contributed by atoms with E-state index in [0.717, 1.165) is 66.1 Å². The van der Waals surface area contributed by atoms with Gasteiger partial charge >= 0.3 is 0 Å². The molecular weight excluding hydrogens is 526 g/mol. The fraction of sp³-hybridized carbons (Fsp3) is 0.100. The lowest BCUT2D eigenvalue weighted by atomic mass is 9.86. The summed E-state index contributed by atoms with van der Waals surface area (Å²) in [5.41, 5.74) is 7.56. The van der Waals surface area contributed by atoms with Crippen LogP contribution in [-0.2, 0) is 5.41 Å². The summed E-state index contributed by atoms with van der Waals surface area (Å²) in [6.45, 7) is 14.7.